The summed E-state index contributed by atoms with van der Waals surface area (Å²) in [7, 11) is -1.93. The monoisotopic (exact) mass is 496 g/mol. The summed E-state index contributed by atoms with van der Waals surface area (Å²) in [5.74, 6) is 0.620. The van der Waals surface area contributed by atoms with Gasteiger partial charge in [0.25, 0.3) is 0 Å². The van der Waals surface area contributed by atoms with Crippen LogP contribution in [-0.4, -0.2) is 5.11 Å². The van der Waals surface area contributed by atoms with Gasteiger partial charge in [0, 0.05) is 5.56 Å². The second-order valence-electron chi connectivity index (χ2n) is 8.78. The van der Waals surface area contributed by atoms with Gasteiger partial charge in [-0.3, -0.25) is 0 Å². The highest BCUT2D eigenvalue weighted by Gasteiger charge is 2.38. The molecule has 0 amide bonds. The maximum Gasteiger partial charge on any atom is 0.530 e. The van der Waals surface area contributed by atoms with Crippen LogP contribution in [0.5, 0.6) is 23.0 Å². The van der Waals surface area contributed by atoms with Gasteiger partial charge in [-0.05, 0) is 22.5 Å². The number of rotatable bonds is 2. The van der Waals surface area contributed by atoms with Crippen LogP contribution in [0.4, 0.5) is 0 Å². The van der Waals surface area contributed by atoms with Crippen molar-refractivity contribution in [2.75, 3.05) is 0 Å². The van der Waals surface area contributed by atoms with Gasteiger partial charge in [0.05, 0.1) is 10.0 Å². The fourth-order valence-corrected chi connectivity index (χ4v) is 4.71. The molecule has 2 aromatic rings. The highest BCUT2D eigenvalue weighted by molar-refractivity contribution is 7.43. The molecule has 0 saturated heterocycles. The van der Waals surface area contributed by atoms with Crippen LogP contribution in [-0.2, 0) is 10.8 Å². The molecule has 1 heterocycles. The summed E-state index contributed by atoms with van der Waals surface area (Å²) in [4.78, 5) is 0. The number of hydrogen-bond acceptors (Lipinski definition) is 4. The van der Waals surface area contributed by atoms with Crippen molar-refractivity contribution in [1.29, 1.82) is 0 Å². The van der Waals surface area contributed by atoms with Crippen molar-refractivity contribution in [3.63, 3.8) is 0 Å². The Morgan fingerprint density at radius 3 is 1.97 bits per heavy atom. The van der Waals surface area contributed by atoms with Crippen LogP contribution in [0.15, 0.2) is 12.1 Å². The van der Waals surface area contributed by atoms with Crippen molar-refractivity contribution in [2.45, 2.75) is 52.4 Å². The van der Waals surface area contributed by atoms with Crippen molar-refractivity contribution in [1.82, 2.24) is 0 Å². The number of hydrogen-bond donors (Lipinski definition) is 1. The zero-order chi connectivity index (χ0) is 21.9. The summed E-state index contributed by atoms with van der Waals surface area (Å²) in [6.07, 6.45) is 0. The van der Waals surface area contributed by atoms with E-state index in [4.69, 9.17) is 60.0 Å². The van der Waals surface area contributed by atoms with Crippen LogP contribution in [0.1, 0.15) is 52.7 Å². The lowest BCUT2D eigenvalue weighted by Gasteiger charge is -2.25. The summed E-state index contributed by atoms with van der Waals surface area (Å²) in [5, 5.41) is 10.00. The van der Waals surface area contributed by atoms with Gasteiger partial charge in [-0.2, -0.15) is 0 Å². The van der Waals surface area contributed by atoms with Crippen LogP contribution in [0, 0.1) is 0 Å². The Morgan fingerprint density at radius 2 is 1.41 bits per heavy atom. The topological polar surface area (TPSA) is 47.9 Å². The molecule has 4 nitrogen and oxygen atoms in total. The van der Waals surface area contributed by atoms with Gasteiger partial charge in [0.15, 0.2) is 23.0 Å². The molecule has 0 aromatic heterocycles. The Kier molecular flexibility index (Phi) is 6.11. The van der Waals surface area contributed by atoms with E-state index in [1.54, 1.807) is 0 Å². The molecule has 1 aliphatic rings. The number of phenolic OH excluding ortho intramolecular Hbond substituents is 1. The van der Waals surface area contributed by atoms with E-state index in [1.807, 2.05) is 6.07 Å². The minimum Gasteiger partial charge on any atom is -0.503 e. The molecule has 158 valence electrons. The maximum absolute atomic E-state index is 10.3. The van der Waals surface area contributed by atoms with Gasteiger partial charge in [0.2, 0.25) is 0 Å². The van der Waals surface area contributed by atoms with E-state index in [9.17, 15) is 5.11 Å². The third kappa shape index (κ3) is 4.34. The maximum atomic E-state index is 10.3. The van der Waals surface area contributed by atoms with E-state index < -0.39 is 14.4 Å². The first-order valence-corrected chi connectivity index (χ1v) is 11.4. The lowest BCUT2D eigenvalue weighted by molar-refractivity contribution is 0.401. The molecule has 3 rings (SSSR count). The first-order chi connectivity index (χ1) is 13.2. The normalized spacial score (nSPS) is 16.3. The largest absolute Gasteiger partial charge is 0.530 e. The lowest BCUT2D eigenvalue weighted by Crippen LogP contribution is -2.16. The van der Waals surface area contributed by atoms with E-state index in [-0.39, 0.29) is 36.7 Å². The molecular formula is C20H21Cl4O4P. The molecule has 1 unspecified atom stereocenters. The van der Waals surface area contributed by atoms with Crippen molar-refractivity contribution >= 4 is 55.0 Å². The molecule has 0 fully saturated rings. The Labute approximate surface area is 192 Å². The molecule has 1 atom stereocenters. The molecule has 1 aliphatic heterocycles. The fraction of sp³-hybridized carbons (Fsp3) is 0.400. The average Bonchev–Trinajstić information content (AvgIpc) is 3.02. The second kappa shape index (κ2) is 7.73. The van der Waals surface area contributed by atoms with Gasteiger partial charge in [-0.1, -0.05) is 94.0 Å². The van der Waals surface area contributed by atoms with E-state index in [0.29, 0.717) is 11.5 Å². The van der Waals surface area contributed by atoms with Crippen molar-refractivity contribution in [3.05, 3.63) is 43.4 Å². The minimum atomic E-state index is -1.93. The summed E-state index contributed by atoms with van der Waals surface area (Å²) in [5.41, 5.74) is 1.84. The molecule has 0 bridgehead atoms. The van der Waals surface area contributed by atoms with E-state index in [0.717, 1.165) is 11.1 Å². The predicted octanol–water partition coefficient (Wildman–Crippen LogP) is 8.68. The van der Waals surface area contributed by atoms with E-state index in [2.05, 4.69) is 47.6 Å². The van der Waals surface area contributed by atoms with E-state index in [1.165, 1.54) is 0 Å². The van der Waals surface area contributed by atoms with Crippen LogP contribution >= 0.6 is 55.0 Å². The Balaban J connectivity index is 2.01. The van der Waals surface area contributed by atoms with Crippen molar-refractivity contribution in [3.8, 4) is 23.0 Å². The smallest absolute Gasteiger partial charge is 0.503 e. The predicted molar refractivity (Wildman–Crippen MR) is 121 cm³/mol. The first-order valence-electron chi connectivity index (χ1n) is 8.79. The number of aromatic hydroxyl groups is 1. The van der Waals surface area contributed by atoms with Gasteiger partial charge in [-0.25, -0.2) is 0 Å². The molecule has 29 heavy (non-hydrogen) atoms. The molecule has 0 spiro atoms. The van der Waals surface area contributed by atoms with Gasteiger partial charge in [-0.15, -0.1) is 0 Å². The zero-order valence-electron chi connectivity index (χ0n) is 16.8. The number of halogens is 4. The Morgan fingerprint density at radius 1 is 0.828 bits per heavy atom. The molecular weight excluding hydrogens is 477 g/mol. The highest BCUT2D eigenvalue weighted by Crippen LogP contribution is 2.60. The lowest BCUT2D eigenvalue weighted by atomic mass is 9.80. The third-order valence-electron chi connectivity index (χ3n) is 4.43. The SMILES string of the molecule is CC(C)(C)c1cc2c(c(C(C)(C)C)c1)OP(Oc1c(O)c(Cl)c(Cl)c(Cl)c1Cl)O2. The van der Waals surface area contributed by atoms with Crippen LogP contribution < -0.4 is 13.6 Å². The van der Waals surface area contributed by atoms with Gasteiger partial charge in [0.1, 0.15) is 10.0 Å². The van der Waals surface area contributed by atoms with Crippen LogP contribution in [0.2, 0.25) is 20.1 Å². The summed E-state index contributed by atoms with van der Waals surface area (Å²) in [6.45, 7) is 12.7. The van der Waals surface area contributed by atoms with Gasteiger partial charge < -0.3 is 18.7 Å². The van der Waals surface area contributed by atoms with Crippen molar-refractivity contribution < 1.29 is 18.7 Å². The quantitative estimate of drug-likeness (QED) is 0.256. The average molecular weight is 498 g/mol. The molecule has 0 radical (unpaired) electrons. The molecule has 0 aliphatic carbocycles. The molecule has 2 aromatic carbocycles. The summed E-state index contributed by atoms with van der Waals surface area (Å²) in [6, 6.07) is 4.07. The van der Waals surface area contributed by atoms with Crippen LogP contribution in [0.3, 0.4) is 0 Å². The summed E-state index contributed by atoms with van der Waals surface area (Å²) >= 11 is 24.2. The van der Waals surface area contributed by atoms with E-state index >= 15 is 0 Å². The third-order valence-corrected chi connectivity index (χ3v) is 7.22. The van der Waals surface area contributed by atoms with Crippen molar-refractivity contribution in [2.24, 2.45) is 0 Å². The van der Waals surface area contributed by atoms with Gasteiger partial charge >= 0.3 is 8.60 Å². The second-order valence-corrected chi connectivity index (χ2v) is 11.3. The number of fused-ring (bicyclic) bond motifs is 1. The van der Waals surface area contributed by atoms with Crippen LogP contribution in [0.25, 0.3) is 0 Å². The molecule has 9 heteroatoms. The highest BCUT2D eigenvalue weighted by atomic mass is 35.5. The number of benzene rings is 2. The zero-order valence-corrected chi connectivity index (χ0v) is 20.7. The minimum absolute atomic E-state index is 0.0248. The molecule has 0 saturated carbocycles. The Bertz CT molecular complexity index is 951. The standard InChI is InChI=1S/C20H21Cl4O4P/c1-19(2,3)9-7-10(20(4,5)6)17-11(8-9)26-29(27-17)28-18-15(24)13(22)12(21)14(23)16(18)25/h7-8,25H,1-6H3. The molecule has 1 N–H and O–H groups in total. The Hall–Kier alpha value is -0.770. The number of phenols is 1. The summed E-state index contributed by atoms with van der Waals surface area (Å²) < 4.78 is 17.7. The first kappa shape index (κ1) is 22.9. The fourth-order valence-electron chi connectivity index (χ4n) is 2.72.